The first kappa shape index (κ1) is 28.8. The Labute approximate surface area is 241 Å². The minimum Gasteiger partial charge on any atom is -0.503 e. The largest absolute Gasteiger partial charge is 0.503 e. The van der Waals surface area contributed by atoms with Crippen LogP contribution in [0.25, 0.3) is 5.69 Å². The van der Waals surface area contributed by atoms with Gasteiger partial charge in [-0.25, -0.2) is 14.1 Å². The van der Waals surface area contributed by atoms with Gasteiger partial charge in [0.25, 0.3) is 11.8 Å². The topological polar surface area (TPSA) is 150 Å². The quantitative estimate of drug-likeness (QED) is 0.507. The lowest BCUT2D eigenvalue weighted by Crippen LogP contribution is -2.55. The van der Waals surface area contributed by atoms with Gasteiger partial charge < -0.3 is 29.9 Å². The van der Waals surface area contributed by atoms with Crippen molar-refractivity contribution in [3.05, 3.63) is 65.0 Å². The Hall–Kier alpha value is -4.75. The number of nitrogens with one attached hydrogen (secondary N) is 1. The van der Waals surface area contributed by atoms with Crippen LogP contribution in [0.4, 0.5) is 4.39 Å². The van der Waals surface area contributed by atoms with E-state index in [1.165, 1.54) is 64.3 Å². The van der Waals surface area contributed by atoms with Crippen molar-refractivity contribution in [3.63, 3.8) is 0 Å². The Morgan fingerprint density at radius 3 is 2.60 bits per heavy atom. The summed E-state index contributed by atoms with van der Waals surface area (Å²) in [6.45, 7) is 2.48. The minimum atomic E-state index is -1.17. The number of likely N-dealkylation sites (tertiary alicyclic amines) is 1. The van der Waals surface area contributed by atoms with Gasteiger partial charge in [0, 0.05) is 40.3 Å². The summed E-state index contributed by atoms with van der Waals surface area (Å²) in [4.78, 5) is 60.4. The molecule has 0 aliphatic carbocycles. The van der Waals surface area contributed by atoms with Crippen LogP contribution in [0, 0.1) is 18.2 Å². The highest BCUT2D eigenvalue weighted by molar-refractivity contribution is 6.34. The standard InChI is InChI=1S/C28H32FN7O6/c1-17-31-16-32-36(17)20-13-19(29)6-5-18(20)14-30-24(38)22-23(37)25(39)35-9-4-12-42-15-21(35)28(22)7-10-34(11-8-28)27(41)26(40)33(2)3/h5-6,13,15-16,37H,4,7-12,14H2,1-3H3,(H,30,38). The fraction of sp³-hybridized carbons (Fsp3) is 0.429. The second kappa shape index (κ2) is 11.3. The molecule has 14 heteroatoms. The molecule has 0 unspecified atom stereocenters. The zero-order valence-corrected chi connectivity index (χ0v) is 23.6. The monoisotopic (exact) mass is 581 g/mol. The maximum Gasteiger partial charge on any atom is 0.312 e. The molecule has 2 N–H and O–H groups in total. The molecule has 3 aliphatic rings. The van der Waals surface area contributed by atoms with Gasteiger partial charge in [-0.15, -0.1) is 0 Å². The van der Waals surface area contributed by atoms with E-state index in [1.54, 1.807) is 6.92 Å². The molecule has 222 valence electrons. The second-order valence-electron chi connectivity index (χ2n) is 10.7. The summed E-state index contributed by atoms with van der Waals surface area (Å²) < 4.78 is 21.3. The van der Waals surface area contributed by atoms with Crippen molar-refractivity contribution in [2.75, 3.05) is 40.3 Å². The SMILES string of the molecule is Cc1ncnn1-c1cc(F)ccc1CNC(=O)C1=C(O)C(=O)N2CCCOC=C2C12CCN(C(=O)C(=O)N(C)C)CC2. The van der Waals surface area contributed by atoms with Crippen molar-refractivity contribution in [3.8, 4) is 5.69 Å². The van der Waals surface area contributed by atoms with Gasteiger partial charge in [-0.1, -0.05) is 6.07 Å². The predicted molar refractivity (Wildman–Crippen MR) is 145 cm³/mol. The van der Waals surface area contributed by atoms with Crippen molar-refractivity contribution in [1.29, 1.82) is 0 Å². The van der Waals surface area contributed by atoms with Gasteiger partial charge in [0.05, 0.1) is 29.0 Å². The van der Waals surface area contributed by atoms with Crippen LogP contribution in [0.1, 0.15) is 30.7 Å². The lowest BCUT2D eigenvalue weighted by atomic mass is 9.66. The van der Waals surface area contributed by atoms with E-state index in [0.29, 0.717) is 35.8 Å². The third kappa shape index (κ3) is 4.97. The van der Waals surface area contributed by atoms with Crippen LogP contribution in [-0.2, 0) is 30.5 Å². The molecule has 1 spiro atoms. The number of nitrogens with zero attached hydrogens (tertiary/aromatic N) is 6. The molecular weight excluding hydrogens is 549 g/mol. The number of fused-ring (bicyclic) bond motifs is 2. The summed E-state index contributed by atoms with van der Waals surface area (Å²) in [6, 6.07) is 4.04. The fourth-order valence-electron chi connectivity index (χ4n) is 5.73. The van der Waals surface area contributed by atoms with E-state index in [1.807, 2.05) is 0 Å². The number of carbonyl (C=O) groups is 4. The van der Waals surface area contributed by atoms with Gasteiger partial charge in [-0.3, -0.25) is 19.2 Å². The predicted octanol–water partition coefficient (Wildman–Crippen LogP) is 0.944. The smallest absolute Gasteiger partial charge is 0.312 e. The number of carbonyl (C=O) groups excluding carboxylic acids is 4. The molecule has 13 nitrogen and oxygen atoms in total. The highest BCUT2D eigenvalue weighted by atomic mass is 19.1. The zero-order valence-electron chi connectivity index (χ0n) is 23.6. The van der Waals surface area contributed by atoms with E-state index in [9.17, 15) is 28.7 Å². The van der Waals surface area contributed by atoms with Crippen LogP contribution >= 0.6 is 0 Å². The van der Waals surface area contributed by atoms with E-state index in [4.69, 9.17) is 4.74 Å². The number of ether oxygens (including phenoxy) is 1. The van der Waals surface area contributed by atoms with Gasteiger partial charge in [0.1, 0.15) is 24.2 Å². The van der Waals surface area contributed by atoms with Crippen LogP contribution in [0.2, 0.25) is 0 Å². The molecule has 5 rings (SSSR count). The number of aliphatic hydroxyl groups is 1. The molecule has 1 aromatic heterocycles. The normalized spacial score (nSPS) is 18.2. The molecular formula is C28H32FN7O6. The first-order valence-electron chi connectivity index (χ1n) is 13.6. The Morgan fingerprint density at radius 1 is 1.19 bits per heavy atom. The Balaban J connectivity index is 1.48. The van der Waals surface area contributed by atoms with Crippen molar-refractivity contribution < 1.29 is 33.4 Å². The number of halogens is 1. The first-order valence-corrected chi connectivity index (χ1v) is 13.6. The maximum atomic E-state index is 14.2. The molecule has 1 aromatic carbocycles. The van der Waals surface area contributed by atoms with Gasteiger partial charge in [-0.2, -0.15) is 5.10 Å². The number of rotatable bonds is 4. The van der Waals surface area contributed by atoms with E-state index >= 15 is 0 Å². The highest BCUT2D eigenvalue weighted by Gasteiger charge is 2.54. The molecule has 42 heavy (non-hydrogen) atoms. The van der Waals surface area contributed by atoms with E-state index < -0.39 is 40.6 Å². The number of aliphatic hydroxyl groups excluding tert-OH is 1. The average molecular weight is 582 g/mol. The average Bonchev–Trinajstić information content (AvgIpc) is 3.24. The summed E-state index contributed by atoms with van der Waals surface area (Å²) >= 11 is 0. The number of hydrogen-bond acceptors (Lipinski definition) is 8. The van der Waals surface area contributed by atoms with Crippen LogP contribution in [0.15, 0.2) is 47.8 Å². The van der Waals surface area contributed by atoms with Gasteiger partial charge >= 0.3 is 11.8 Å². The van der Waals surface area contributed by atoms with Crippen molar-refractivity contribution >= 4 is 23.6 Å². The number of piperidine rings is 1. The molecule has 1 fully saturated rings. The van der Waals surface area contributed by atoms with Crippen LogP contribution in [0.5, 0.6) is 0 Å². The van der Waals surface area contributed by atoms with E-state index in [0.717, 1.165) is 0 Å². The molecule has 0 saturated carbocycles. The van der Waals surface area contributed by atoms with Crippen LogP contribution < -0.4 is 5.32 Å². The number of allylic oxidation sites excluding steroid dienone is 1. The second-order valence-corrected chi connectivity index (χ2v) is 10.7. The maximum absolute atomic E-state index is 14.2. The highest BCUT2D eigenvalue weighted by Crippen LogP contribution is 2.51. The summed E-state index contributed by atoms with van der Waals surface area (Å²) in [6.07, 6.45) is 3.63. The number of likely N-dealkylation sites (N-methyl/N-ethyl adjacent to an activating group) is 1. The lowest BCUT2D eigenvalue weighted by Gasteiger charge is -2.48. The summed E-state index contributed by atoms with van der Waals surface area (Å²) in [5.41, 5.74) is 0.0300. The third-order valence-electron chi connectivity index (χ3n) is 7.94. The number of benzene rings is 1. The fourth-order valence-corrected chi connectivity index (χ4v) is 5.73. The third-order valence-corrected chi connectivity index (χ3v) is 7.94. The van der Waals surface area contributed by atoms with Gasteiger partial charge in [-0.05, 0) is 43.9 Å². The molecule has 0 bridgehead atoms. The molecule has 4 heterocycles. The Morgan fingerprint density at radius 2 is 1.93 bits per heavy atom. The molecule has 1 saturated heterocycles. The molecule has 2 aromatic rings. The van der Waals surface area contributed by atoms with Crippen molar-refractivity contribution in [2.45, 2.75) is 32.7 Å². The van der Waals surface area contributed by atoms with E-state index in [-0.39, 0.29) is 44.6 Å². The first-order chi connectivity index (χ1) is 20.0. The van der Waals surface area contributed by atoms with Crippen LogP contribution in [-0.4, -0.2) is 98.5 Å². The summed E-state index contributed by atoms with van der Waals surface area (Å²) in [7, 11) is 2.98. The molecule has 4 amide bonds. The number of hydrogen-bond donors (Lipinski definition) is 2. The summed E-state index contributed by atoms with van der Waals surface area (Å²) in [5.74, 6) is -3.41. The number of aromatic nitrogens is 3. The van der Waals surface area contributed by atoms with Gasteiger partial charge in [0.2, 0.25) is 0 Å². The van der Waals surface area contributed by atoms with Crippen molar-refractivity contribution in [2.24, 2.45) is 5.41 Å². The minimum absolute atomic E-state index is 0.0734. The Bertz CT molecular complexity index is 1510. The van der Waals surface area contributed by atoms with E-state index in [2.05, 4.69) is 15.4 Å². The van der Waals surface area contributed by atoms with Gasteiger partial charge in [0.15, 0.2) is 5.76 Å². The molecule has 0 atom stereocenters. The summed E-state index contributed by atoms with van der Waals surface area (Å²) in [5, 5.41) is 18.1. The lowest BCUT2D eigenvalue weighted by molar-refractivity contribution is -0.151. The number of amides is 4. The van der Waals surface area contributed by atoms with Crippen LogP contribution in [0.3, 0.4) is 0 Å². The molecule has 0 radical (unpaired) electrons. The zero-order chi connectivity index (χ0) is 30.2. The number of aryl methyl sites for hydroxylation is 1. The van der Waals surface area contributed by atoms with Crippen molar-refractivity contribution in [1.82, 2.24) is 34.8 Å². The Kier molecular flexibility index (Phi) is 7.71. The molecule has 3 aliphatic heterocycles.